The molecule has 2 N–H and O–H groups in total. The van der Waals surface area contributed by atoms with Crippen LogP contribution >= 0.6 is 0 Å². The zero-order chi connectivity index (χ0) is 22.2. The lowest BCUT2D eigenvalue weighted by Crippen LogP contribution is -2.39. The number of nitrogens with zero attached hydrogens (tertiary/aromatic N) is 4. The van der Waals surface area contributed by atoms with E-state index in [-0.39, 0.29) is 16.8 Å². The van der Waals surface area contributed by atoms with E-state index < -0.39 is 15.8 Å². The first-order valence-electron chi connectivity index (χ1n) is 10.1. The topological polar surface area (TPSA) is 102 Å². The van der Waals surface area contributed by atoms with Crippen molar-refractivity contribution in [2.45, 2.75) is 37.5 Å². The van der Waals surface area contributed by atoms with Gasteiger partial charge >= 0.3 is 0 Å². The van der Waals surface area contributed by atoms with Crippen LogP contribution in [0.15, 0.2) is 47.6 Å². The average Bonchev–Trinajstić information content (AvgIpc) is 2.73. The number of pyridine rings is 1. The predicted molar refractivity (Wildman–Crippen MR) is 116 cm³/mol. The number of benzene rings is 1. The van der Waals surface area contributed by atoms with Gasteiger partial charge in [-0.1, -0.05) is 0 Å². The summed E-state index contributed by atoms with van der Waals surface area (Å²) in [5, 5.41) is 0. The summed E-state index contributed by atoms with van der Waals surface area (Å²) in [5.41, 5.74) is 9.39. The second-order valence-corrected chi connectivity index (χ2v) is 9.77. The van der Waals surface area contributed by atoms with Gasteiger partial charge in [0.1, 0.15) is 5.82 Å². The van der Waals surface area contributed by atoms with Crippen molar-refractivity contribution in [1.29, 1.82) is 0 Å². The van der Waals surface area contributed by atoms with Gasteiger partial charge < -0.3 is 5.73 Å². The molecule has 1 fully saturated rings. The molecule has 1 atom stereocenters. The molecule has 1 aliphatic rings. The van der Waals surface area contributed by atoms with Gasteiger partial charge in [0.2, 0.25) is 16.0 Å². The molecule has 7 nitrogen and oxygen atoms in total. The minimum Gasteiger partial charge on any atom is -0.368 e. The van der Waals surface area contributed by atoms with E-state index in [2.05, 4.69) is 15.0 Å². The second kappa shape index (κ2) is 8.32. The van der Waals surface area contributed by atoms with Gasteiger partial charge in [-0.2, -0.15) is 4.31 Å². The Hall–Kier alpha value is -2.91. The maximum absolute atomic E-state index is 13.5. The molecule has 3 heterocycles. The molecule has 0 saturated carbocycles. The van der Waals surface area contributed by atoms with E-state index in [1.807, 2.05) is 19.1 Å². The third-order valence-electron chi connectivity index (χ3n) is 5.54. The molecular weight excluding hydrogens is 417 g/mol. The Morgan fingerprint density at radius 3 is 2.55 bits per heavy atom. The van der Waals surface area contributed by atoms with Crippen molar-refractivity contribution in [3.63, 3.8) is 0 Å². The first kappa shape index (κ1) is 21.3. The van der Waals surface area contributed by atoms with Crippen molar-refractivity contribution in [3.8, 4) is 11.1 Å². The van der Waals surface area contributed by atoms with Crippen LogP contribution in [0.4, 0.5) is 10.3 Å². The Labute approximate surface area is 181 Å². The zero-order valence-electron chi connectivity index (χ0n) is 17.4. The zero-order valence-corrected chi connectivity index (χ0v) is 18.2. The molecule has 0 unspecified atom stereocenters. The quantitative estimate of drug-likeness (QED) is 0.665. The van der Waals surface area contributed by atoms with E-state index in [4.69, 9.17) is 5.73 Å². The lowest BCUT2D eigenvalue weighted by Gasteiger charge is -2.32. The Balaban J connectivity index is 1.63. The smallest absolute Gasteiger partial charge is 0.243 e. The number of anilines is 1. The van der Waals surface area contributed by atoms with Crippen LogP contribution in [0.2, 0.25) is 0 Å². The Morgan fingerprint density at radius 2 is 1.84 bits per heavy atom. The largest absolute Gasteiger partial charge is 0.368 e. The highest BCUT2D eigenvalue weighted by Crippen LogP contribution is 2.32. The number of sulfonamides is 1. The SMILES string of the molecule is Cc1cc(-c2cnc(N)nc2)cc([C@@H]2CCCN(S(=O)(=O)c3ccc(F)cc3C)C2)n1. The molecule has 162 valence electrons. The summed E-state index contributed by atoms with van der Waals surface area (Å²) in [6.45, 7) is 4.28. The summed E-state index contributed by atoms with van der Waals surface area (Å²) in [7, 11) is -3.72. The molecule has 3 aromatic rings. The van der Waals surface area contributed by atoms with Gasteiger partial charge in [0, 0.05) is 48.4 Å². The van der Waals surface area contributed by atoms with E-state index in [1.165, 1.54) is 22.5 Å². The van der Waals surface area contributed by atoms with Crippen LogP contribution in [0.25, 0.3) is 11.1 Å². The number of piperidine rings is 1. The second-order valence-electron chi connectivity index (χ2n) is 7.86. The first-order valence-corrected chi connectivity index (χ1v) is 11.5. The third-order valence-corrected chi connectivity index (χ3v) is 7.56. The number of aryl methyl sites for hydroxylation is 2. The molecular formula is C22H24FN5O2S. The predicted octanol–water partition coefficient (Wildman–Crippen LogP) is 3.45. The number of nitrogen functional groups attached to an aromatic ring is 1. The summed E-state index contributed by atoms with van der Waals surface area (Å²) in [4.78, 5) is 12.9. The van der Waals surface area contributed by atoms with Gasteiger partial charge in [0.15, 0.2) is 0 Å². The number of nitrogens with two attached hydrogens (primary N) is 1. The molecule has 0 spiro atoms. The van der Waals surface area contributed by atoms with Crippen molar-refractivity contribution in [3.05, 3.63) is 65.5 Å². The van der Waals surface area contributed by atoms with E-state index in [1.54, 1.807) is 19.3 Å². The van der Waals surface area contributed by atoms with Crippen molar-refractivity contribution in [2.24, 2.45) is 0 Å². The summed E-state index contributed by atoms with van der Waals surface area (Å²) < 4.78 is 41.4. The van der Waals surface area contributed by atoms with Crippen molar-refractivity contribution < 1.29 is 12.8 Å². The minimum atomic E-state index is -3.72. The normalized spacial score (nSPS) is 17.6. The lowest BCUT2D eigenvalue weighted by molar-refractivity contribution is 0.312. The fourth-order valence-corrected chi connectivity index (χ4v) is 5.73. The fourth-order valence-electron chi connectivity index (χ4n) is 4.00. The number of hydrogen-bond acceptors (Lipinski definition) is 6. The molecule has 1 aliphatic heterocycles. The van der Waals surface area contributed by atoms with Crippen LogP contribution in [0.3, 0.4) is 0 Å². The van der Waals surface area contributed by atoms with Crippen molar-refractivity contribution in [1.82, 2.24) is 19.3 Å². The van der Waals surface area contributed by atoms with E-state index in [9.17, 15) is 12.8 Å². The van der Waals surface area contributed by atoms with Crippen LogP contribution in [0, 0.1) is 19.7 Å². The van der Waals surface area contributed by atoms with Crippen LogP contribution in [-0.4, -0.2) is 40.8 Å². The van der Waals surface area contributed by atoms with Crippen LogP contribution in [-0.2, 0) is 10.0 Å². The Bertz CT molecular complexity index is 1220. The summed E-state index contributed by atoms with van der Waals surface area (Å²) in [5.74, 6) is -0.285. The number of hydrogen-bond donors (Lipinski definition) is 1. The minimum absolute atomic E-state index is 0.0439. The number of rotatable bonds is 4. The molecule has 2 aromatic heterocycles. The van der Waals surface area contributed by atoms with E-state index in [0.717, 1.165) is 35.4 Å². The van der Waals surface area contributed by atoms with Gasteiger partial charge in [-0.05, 0) is 68.1 Å². The van der Waals surface area contributed by atoms with Crippen LogP contribution in [0.1, 0.15) is 35.7 Å². The van der Waals surface area contributed by atoms with Gasteiger partial charge in [0.25, 0.3) is 0 Å². The standard InChI is InChI=1S/C22H24FN5O2S/c1-14-8-19(23)5-6-21(14)31(29,30)28-7-3-4-16(13-28)20-10-17(9-15(2)27-20)18-11-25-22(24)26-12-18/h5-6,8-12,16H,3-4,7,13H2,1-2H3,(H2,24,25,26)/t16-/m1/s1. The van der Waals surface area contributed by atoms with Crippen LogP contribution < -0.4 is 5.73 Å². The van der Waals surface area contributed by atoms with Gasteiger partial charge in [-0.25, -0.2) is 22.8 Å². The molecule has 0 bridgehead atoms. The molecule has 4 rings (SSSR count). The average molecular weight is 442 g/mol. The maximum Gasteiger partial charge on any atom is 0.243 e. The highest BCUT2D eigenvalue weighted by molar-refractivity contribution is 7.89. The summed E-state index contributed by atoms with van der Waals surface area (Å²) >= 11 is 0. The summed E-state index contributed by atoms with van der Waals surface area (Å²) in [6.07, 6.45) is 4.88. The first-order chi connectivity index (χ1) is 14.7. The molecule has 0 aliphatic carbocycles. The van der Waals surface area contributed by atoms with Gasteiger partial charge in [0.05, 0.1) is 4.90 Å². The monoisotopic (exact) mass is 441 g/mol. The summed E-state index contributed by atoms with van der Waals surface area (Å²) in [6, 6.07) is 7.68. The third kappa shape index (κ3) is 4.42. The van der Waals surface area contributed by atoms with Crippen molar-refractivity contribution in [2.75, 3.05) is 18.8 Å². The van der Waals surface area contributed by atoms with Gasteiger partial charge in [-0.15, -0.1) is 0 Å². The molecule has 9 heteroatoms. The maximum atomic E-state index is 13.5. The van der Waals surface area contributed by atoms with Crippen molar-refractivity contribution >= 4 is 16.0 Å². The molecule has 31 heavy (non-hydrogen) atoms. The Morgan fingerprint density at radius 1 is 1.10 bits per heavy atom. The van der Waals surface area contributed by atoms with E-state index in [0.29, 0.717) is 18.7 Å². The highest BCUT2D eigenvalue weighted by atomic mass is 32.2. The highest BCUT2D eigenvalue weighted by Gasteiger charge is 2.32. The lowest BCUT2D eigenvalue weighted by atomic mass is 9.93. The molecule has 0 amide bonds. The molecule has 1 saturated heterocycles. The van der Waals surface area contributed by atoms with Gasteiger partial charge in [-0.3, -0.25) is 4.98 Å². The molecule has 1 aromatic carbocycles. The van der Waals surface area contributed by atoms with E-state index >= 15 is 0 Å². The molecule has 0 radical (unpaired) electrons. The number of aromatic nitrogens is 3. The fraction of sp³-hybridized carbons (Fsp3) is 0.318. The Kier molecular flexibility index (Phi) is 5.72. The van der Waals surface area contributed by atoms with Crippen LogP contribution in [0.5, 0.6) is 0 Å². The number of halogens is 1.